The Bertz CT molecular complexity index is 610. The second kappa shape index (κ2) is 10.9. The van der Waals surface area contributed by atoms with E-state index in [0.717, 1.165) is 0 Å². The van der Waals surface area contributed by atoms with Crippen LogP contribution in [0, 0.1) is 17.8 Å². The molecule has 8 atom stereocenters. The molecule has 0 amide bonds. The smallest absolute Gasteiger partial charge is 0.319 e. The third kappa shape index (κ3) is 7.02. The molecule has 0 aromatic heterocycles. The van der Waals surface area contributed by atoms with Crippen LogP contribution in [0.4, 0.5) is 0 Å². The number of aliphatic hydroxyl groups is 1. The molecule has 8 nitrogen and oxygen atoms in total. The van der Waals surface area contributed by atoms with Gasteiger partial charge in [-0.3, -0.25) is 4.57 Å². The van der Waals surface area contributed by atoms with Crippen molar-refractivity contribution in [2.24, 2.45) is 17.8 Å². The molecule has 1 aliphatic heterocycles. The van der Waals surface area contributed by atoms with Crippen LogP contribution in [0.3, 0.4) is 0 Å². The first-order valence-corrected chi connectivity index (χ1v) is 12.3. The van der Waals surface area contributed by atoms with Crippen LogP contribution < -0.4 is 4.89 Å². The van der Waals surface area contributed by atoms with Gasteiger partial charge in [-0.05, 0) is 52.9 Å². The van der Waals surface area contributed by atoms with Crippen LogP contribution in [0.2, 0.25) is 0 Å². The maximum atomic E-state index is 12.7. The first kappa shape index (κ1) is 25.8. The van der Waals surface area contributed by atoms with Gasteiger partial charge in [0.25, 0.3) is 0 Å². The summed E-state index contributed by atoms with van der Waals surface area (Å²) in [5.41, 5.74) is 0. The van der Waals surface area contributed by atoms with Gasteiger partial charge in [-0.1, -0.05) is 13.5 Å². The van der Waals surface area contributed by atoms with Crippen molar-refractivity contribution in [3.05, 3.63) is 12.3 Å². The summed E-state index contributed by atoms with van der Waals surface area (Å²) >= 11 is 0. The highest BCUT2D eigenvalue weighted by Crippen LogP contribution is 2.50. The molecule has 2 rings (SSSR count). The lowest BCUT2D eigenvalue weighted by Crippen LogP contribution is -2.32. The number of phosphoric acid groups is 1. The lowest BCUT2D eigenvalue weighted by atomic mass is 9.91. The standard InChI is InChI=1S/C21H39O8P/c1-12(2)25-11-18-17(10-22)14(5)8-19(18)29-30(23,24)28-16(7)21-20(26-13(3)4)9-15(6)27-21/h12-15,17-22H,7-11H2,1-6H3,(H,23,24)/p-1. The van der Waals surface area contributed by atoms with Gasteiger partial charge in [0, 0.05) is 18.9 Å². The zero-order valence-electron chi connectivity index (χ0n) is 19.0. The highest BCUT2D eigenvalue weighted by Gasteiger charge is 2.44. The zero-order valence-corrected chi connectivity index (χ0v) is 19.9. The molecule has 2 fully saturated rings. The predicted octanol–water partition coefficient (Wildman–Crippen LogP) is 3.03. The predicted molar refractivity (Wildman–Crippen MR) is 111 cm³/mol. The second-order valence-electron chi connectivity index (χ2n) is 9.08. The van der Waals surface area contributed by atoms with E-state index < -0.39 is 20.0 Å². The van der Waals surface area contributed by atoms with Crippen molar-refractivity contribution in [2.75, 3.05) is 13.2 Å². The molecule has 1 saturated carbocycles. The van der Waals surface area contributed by atoms with Crippen LogP contribution in [0.25, 0.3) is 0 Å². The SMILES string of the molecule is C=C(OP(=O)([O-])OC1CC(C)C(CO)C1COC(C)C)C1OC(C)CC1OC(C)C. The maximum absolute atomic E-state index is 12.7. The Kier molecular flexibility index (Phi) is 9.37. The van der Waals surface area contributed by atoms with Crippen molar-refractivity contribution in [1.29, 1.82) is 0 Å². The van der Waals surface area contributed by atoms with Gasteiger partial charge in [-0.15, -0.1) is 0 Å². The fourth-order valence-corrected chi connectivity index (χ4v) is 5.38. The van der Waals surface area contributed by atoms with Gasteiger partial charge in [-0.2, -0.15) is 0 Å². The Morgan fingerprint density at radius 2 is 1.83 bits per heavy atom. The number of aliphatic hydroxyl groups excluding tert-OH is 1. The lowest BCUT2D eigenvalue weighted by Gasteiger charge is -2.33. The van der Waals surface area contributed by atoms with Crippen molar-refractivity contribution < 1.29 is 37.8 Å². The van der Waals surface area contributed by atoms with E-state index in [9.17, 15) is 14.6 Å². The van der Waals surface area contributed by atoms with E-state index in [0.29, 0.717) is 19.4 Å². The van der Waals surface area contributed by atoms with Crippen molar-refractivity contribution in [1.82, 2.24) is 0 Å². The van der Waals surface area contributed by atoms with E-state index >= 15 is 0 Å². The van der Waals surface area contributed by atoms with Gasteiger partial charge >= 0.3 is 7.82 Å². The topological polar surface area (TPSA) is 107 Å². The fraction of sp³-hybridized carbons (Fsp3) is 0.905. The molecule has 8 unspecified atom stereocenters. The largest absolute Gasteiger partial charge is 0.746 e. The van der Waals surface area contributed by atoms with Crippen molar-refractivity contribution in [3.8, 4) is 0 Å². The van der Waals surface area contributed by atoms with Crippen molar-refractivity contribution in [3.63, 3.8) is 0 Å². The van der Waals surface area contributed by atoms with E-state index in [1.165, 1.54) is 0 Å². The Morgan fingerprint density at radius 1 is 1.17 bits per heavy atom. The van der Waals surface area contributed by atoms with E-state index in [2.05, 4.69) is 6.58 Å². The first-order chi connectivity index (χ1) is 13.9. The summed E-state index contributed by atoms with van der Waals surface area (Å²) in [6.45, 7) is 15.5. The quantitative estimate of drug-likeness (QED) is 0.379. The third-order valence-corrected chi connectivity index (χ3v) is 6.72. The summed E-state index contributed by atoms with van der Waals surface area (Å²) in [7, 11) is -4.70. The summed E-state index contributed by atoms with van der Waals surface area (Å²) in [4.78, 5) is 12.7. The monoisotopic (exact) mass is 449 g/mol. The minimum absolute atomic E-state index is 0.00428. The molecule has 0 radical (unpaired) electrons. The Morgan fingerprint density at radius 3 is 2.40 bits per heavy atom. The molecular weight excluding hydrogens is 411 g/mol. The average molecular weight is 450 g/mol. The molecule has 176 valence electrons. The molecule has 0 spiro atoms. The molecule has 0 aromatic rings. The van der Waals surface area contributed by atoms with Gasteiger partial charge < -0.3 is 33.3 Å². The lowest BCUT2D eigenvalue weighted by molar-refractivity contribution is -0.229. The van der Waals surface area contributed by atoms with E-state index in [-0.39, 0.29) is 54.5 Å². The van der Waals surface area contributed by atoms with E-state index in [1.807, 2.05) is 41.5 Å². The molecule has 1 aliphatic carbocycles. The Hall–Kier alpha value is -0.470. The molecule has 1 saturated heterocycles. The maximum Gasteiger partial charge on any atom is 0.319 e. The number of hydrogen-bond acceptors (Lipinski definition) is 8. The third-order valence-electron chi connectivity index (χ3n) is 5.73. The molecule has 1 heterocycles. The van der Waals surface area contributed by atoms with Crippen molar-refractivity contribution >= 4 is 7.82 Å². The molecule has 0 bridgehead atoms. The number of phosphoric ester groups is 1. The summed E-state index contributed by atoms with van der Waals surface area (Å²) in [5, 5.41) is 9.77. The van der Waals surface area contributed by atoms with Gasteiger partial charge in [0.05, 0.1) is 37.1 Å². The minimum atomic E-state index is -4.70. The number of rotatable bonds is 11. The van der Waals surface area contributed by atoms with E-state index in [1.54, 1.807) is 0 Å². The molecular formula is C21H38O8P-. The van der Waals surface area contributed by atoms with Crippen molar-refractivity contribution in [2.45, 2.75) is 91.0 Å². The molecule has 30 heavy (non-hydrogen) atoms. The normalized spacial score (nSPS) is 36.4. The van der Waals surface area contributed by atoms with Crippen LogP contribution >= 0.6 is 7.82 Å². The Labute approximate surface area is 180 Å². The highest BCUT2D eigenvalue weighted by molar-refractivity contribution is 7.46. The zero-order chi connectivity index (χ0) is 22.6. The van der Waals surface area contributed by atoms with Crippen LogP contribution in [0.1, 0.15) is 54.4 Å². The van der Waals surface area contributed by atoms with E-state index in [4.69, 9.17) is 23.3 Å². The van der Waals surface area contributed by atoms with Crippen LogP contribution in [0.5, 0.6) is 0 Å². The summed E-state index contributed by atoms with van der Waals surface area (Å²) in [6.07, 6.45) is -0.645. The Balaban J connectivity index is 2.03. The van der Waals surface area contributed by atoms with Gasteiger partial charge in [0.2, 0.25) is 0 Å². The molecule has 9 heteroatoms. The highest BCUT2D eigenvalue weighted by atomic mass is 31.2. The van der Waals surface area contributed by atoms with Crippen LogP contribution in [0.15, 0.2) is 12.3 Å². The summed E-state index contributed by atoms with van der Waals surface area (Å²) in [5.74, 6) is -0.277. The molecule has 1 N–H and O–H groups in total. The average Bonchev–Trinajstić information content (AvgIpc) is 3.10. The van der Waals surface area contributed by atoms with Crippen LogP contribution in [-0.2, 0) is 27.8 Å². The molecule has 0 aromatic carbocycles. The van der Waals surface area contributed by atoms with Gasteiger partial charge in [-0.25, -0.2) is 0 Å². The fourth-order valence-electron chi connectivity index (χ4n) is 4.37. The van der Waals surface area contributed by atoms with Gasteiger partial charge in [0.15, 0.2) is 0 Å². The second-order valence-corrected chi connectivity index (χ2v) is 10.4. The molecule has 2 aliphatic rings. The summed E-state index contributed by atoms with van der Waals surface area (Å²) < 4.78 is 40.6. The summed E-state index contributed by atoms with van der Waals surface area (Å²) in [6, 6.07) is 0. The van der Waals surface area contributed by atoms with Gasteiger partial charge in [0.1, 0.15) is 11.9 Å². The first-order valence-electron chi connectivity index (χ1n) is 10.8. The number of ether oxygens (including phenoxy) is 3. The minimum Gasteiger partial charge on any atom is -0.746 e. The van der Waals surface area contributed by atoms with Crippen LogP contribution in [-0.4, -0.2) is 54.9 Å². The number of hydrogen-bond donors (Lipinski definition) is 1.